The molecule has 0 N–H and O–H groups in total. The maximum atomic E-state index is 9.48. The molecule has 2 aromatic heterocycles. The van der Waals surface area contributed by atoms with Crippen molar-refractivity contribution < 1.29 is 12.6 Å². The molecule has 2 nitrogen and oxygen atoms in total. The third-order valence-corrected chi connectivity index (χ3v) is 9.23. The van der Waals surface area contributed by atoms with E-state index in [2.05, 4.69) is 36.2 Å². The minimum Gasteiger partial charge on any atom is -0.455 e. The van der Waals surface area contributed by atoms with Crippen LogP contribution in [0.25, 0.3) is 44.0 Å². The van der Waals surface area contributed by atoms with Gasteiger partial charge in [-0.2, -0.15) is 0 Å². The van der Waals surface area contributed by atoms with Gasteiger partial charge in [-0.05, 0) is 110 Å². The molecule has 0 radical (unpaired) electrons. The number of fused-ring (bicyclic) bond motifs is 5. The number of pyridine rings is 1. The molecule has 0 unspecified atom stereocenters. The topological polar surface area (TPSA) is 26.0 Å². The standard InChI is InChI=1S/C35H37NO/c1-22-19-31(36-21-24(22)3)29-8-7-9-30-32-23(2)18-27-20-26(10-11-28(27)34(32)37-33(29)30)25-12-16-35(17-13-25)14-5-4-6-15-35/h7-11,18-21,25H,4-6,12-17H2,1-3H3/i1D2,3D3,25D. The fourth-order valence-electron chi connectivity index (χ4n) is 7.11. The third kappa shape index (κ3) is 3.79. The lowest BCUT2D eigenvalue weighted by molar-refractivity contribution is 0.114. The molecular weight excluding hydrogens is 450 g/mol. The normalized spacial score (nSPS) is 22.0. The highest BCUT2D eigenvalue weighted by Crippen LogP contribution is 2.51. The molecule has 0 amide bonds. The first-order chi connectivity index (χ1) is 20.5. The molecule has 2 heterocycles. The molecule has 2 aliphatic rings. The summed E-state index contributed by atoms with van der Waals surface area (Å²) >= 11 is 0. The highest BCUT2D eigenvalue weighted by molar-refractivity contribution is 6.18. The molecule has 3 aromatic carbocycles. The summed E-state index contributed by atoms with van der Waals surface area (Å²) in [6.07, 6.45) is 12.1. The van der Waals surface area contributed by atoms with Crippen molar-refractivity contribution in [1.82, 2.24) is 4.98 Å². The van der Waals surface area contributed by atoms with Crippen LogP contribution < -0.4 is 0 Å². The Bertz CT molecular complexity index is 1850. The van der Waals surface area contributed by atoms with Crippen molar-refractivity contribution >= 4 is 32.7 Å². The number of furan rings is 1. The molecule has 2 aliphatic carbocycles. The first kappa shape index (κ1) is 17.4. The van der Waals surface area contributed by atoms with Crippen molar-refractivity contribution in [2.45, 2.75) is 84.3 Å². The van der Waals surface area contributed by atoms with E-state index < -0.39 is 19.6 Å². The molecule has 0 saturated heterocycles. The van der Waals surface area contributed by atoms with Crippen LogP contribution in [0.1, 0.15) is 94.2 Å². The Kier molecular flexibility index (Phi) is 4.10. The van der Waals surface area contributed by atoms with E-state index in [1.165, 1.54) is 38.3 Å². The summed E-state index contributed by atoms with van der Waals surface area (Å²) in [5.74, 6) is -0.557. The zero-order valence-electron chi connectivity index (χ0n) is 27.5. The fourth-order valence-corrected chi connectivity index (χ4v) is 7.11. The molecule has 0 atom stereocenters. The Balaban J connectivity index is 1.31. The van der Waals surface area contributed by atoms with Crippen LogP contribution >= 0.6 is 0 Å². The maximum absolute atomic E-state index is 9.48. The zero-order chi connectivity index (χ0) is 30.1. The van der Waals surface area contributed by atoms with E-state index in [1.807, 2.05) is 18.2 Å². The molecule has 0 bridgehead atoms. The van der Waals surface area contributed by atoms with Crippen LogP contribution in [0.2, 0.25) is 0 Å². The van der Waals surface area contributed by atoms with E-state index in [9.17, 15) is 1.37 Å². The lowest BCUT2D eigenvalue weighted by Crippen LogP contribution is -2.29. The Morgan fingerprint density at radius 1 is 0.892 bits per heavy atom. The Labute approximate surface area is 228 Å². The number of benzene rings is 3. The number of nitrogens with zero attached hydrogens (tertiary/aromatic N) is 1. The first-order valence-corrected chi connectivity index (χ1v) is 13.7. The van der Waals surface area contributed by atoms with E-state index in [0.717, 1.165) is 63.9 Å². The maximum Gasteiger partial charge on any atom is 0.144 e. The lowest BCUT2D eigenvalue weighted by Gasteiger charge is -2.43. The monoisotopic (exact) mass is 493 g/mol. The smallest absolute Gasteiger partial charge is 0.144 e. The largest absolute Gasteiger partial charge is 0.455 e. The van der Waals surface area contributed by atoms with Gasteiger partial charge in [0.15, 0.2) is 0 Å². The number of hydrogen-bond acceptors (Lipinski definition) is 2. The average molecular weight is 494 g/mol. The van der Waals surface area contributed by atoms with Crippen LogP contribution in [-0.4, -0.2) is 4.98 Å². The number of para-hydroxylation sites is 1. The Morgan fingerprint density at radius 3 is 2.57 bits per heavy atom. The highest BCUT2D eigenvalue weighted by Gasteiger charge is 2.36. The second-order valence-corrected chi connectivity index (χ2v) is 11.4. The van der Waals surface area contributed by atoms with E-state index in [4.69, 9.17) is 11.3 Å². The van der Waals surface area contributed by atoms with Crippen molar-refractivity contribution in [2.75, 3.05) is 0 Å². The molecule has 2 heteroatoms. The molecule has 0 aliphatic heterocycles. The average Bonchev–Trinajstić information content (AvgIpc) is 3.39. The number of rotatable bonds is 2. The lowest BCUT2D eigenvalue weighted by atomic mass is 9.62. The summed E-state index contributed by atoms with van der Waals surface area (Å²) in [7, 11) is 0. The van der Waals surface area contributed by atoms with Crippen molar-refractivity contribution in [3.05, 3.63) is 77.0 Å². The number of aromatic nitrogens is 1. The summed E-state index contributed by atoms with van der Waals surface area (Å²) in [5.41, 5.74) is 5.30. The van der Waals surface area contributed by atoms with Crippen molar-refractivity contribution in [3.63, 3.8) is 0 Å². The number of aryl methyl sites for hydroxylation is 3. The van der Waals surface area contributed by atoms with E-state index >= 15 is 0 Å². The predicted molar refractivity (Wildman–Crippen MR) is 155 cm³/mol. The van der Waals surface area contributed by atoms with Crippen LogP contribution in [-0.2, 0) is 0 Å². The molecule has 2 fully saturated rings. The van der Waals surface area contributed by atoms with E-state index in [1.54, 1.807) is 6.07 Å². The summed E-state index contributed by atoms with van der Waals surface area (Å²) < 4.78 is 55.5. The fraction of sp³-hybridized carbons (Fsp3) is 0.400. The quantitative estimate of drug-likeness (QED) is 0.244. The molecule has 1 spiro atoms. The van der Waals surface area contributed by atoms with Gasteiger partial charge in [0.1, 0.15) is 11.2 Å². The van der Waals surface area contributed by atoms with Crippen LogP contribution in [0.15, 0.2) is 59.1 Å². The predicted octanol–water partition coefficient (Wildman–Crippen LogP) is 10.3. The van der Waals surface area contributed by atoms with Gasteiger partial charge in [0.25, 0.3) is 0 Å². The van der Waals surface area contributed by atoms with Crippen molar-refractivity contribution in [3.8, 4) is 11.3 Å². The van der Waals surface area contributed by atoms with Crippen LogP contribution in [0.3, 0.4) is 0 Å². The molecule has 2 saturated carbocycles. The summed E-state index contributed by atoms with van der Waals surface area (Å²) in [6, 6.07) is 16.0. The Morgan fingerprint density at radius 2 is 1.76 bits per heavy atom. The summed E-state index contributed by atoms with van der Waals surface area (Å²) in [6.45, 7) is -1.81. The Hall–Kier alpha value is -3.13. The van der Waals surface area contributed by atoms with E-state index in [-0.39, 0.29) is 11.1 Å². The summed E-state index contributed by atoms with van der Waals surface area (Å²) in [4.78, 5) is 4.46. The van der Waals surface area contributed by atoms with Crippen LogP contribution in [0, 0.1) is 26.1 Å². The number of hydrogen-bond donors (Lipinski definition) is 0. The third-order valence-electron chi connectivity index (χ3n) is 9.23. The molecular formula is C35H37NO. The van der Waals surface area contributed by atoms with Crippen LogP contribution in [0.4, 0.5) is 0 Å². The van der Waals surface area contributed by atoms with Gasteiger partial charge >= 0.3 is 0 Å². The first-order valence-electron chi connectivity index (χ1n) is 16.9. The minimum absolute atomic E-state index is 0.0697. The SMILES string of the molecule is [2H]C([2H])c1cc(-c2cccc3c2oc2c4ccc(C5([2H])CCC6(CCCCC6)CC5)cc4cc(C)c32)ncc1C([2H])([2H])[2H]. The molecule has 7 rings (SSSR count). The van der Waals surface area contributed by atoms with Gasteiger partial charge in [0.05, 0.1) is 5.69 Å². The van der Waals surface area contributed by atoms with Crippen LogP contribution in [0.5, 0.6) is 0 Å². The zero-order valence-corrected chi connectivity index (χ0v) is 21.5. The van der Waals surface area contributed by atoms with Gasteiger partial charge in [0, 0.05) is 36.1 Å². The molecule has 188 valence electrons. The van der Waals surface area contributed by atoms with Crippen molar-refractivity contribution in [2.24, 2.45) is 5.41 Å². The minimum atomic E-state index is -2.45. The summed E-state index contributed by atoms with van der Waals surface area (Å²) in [5, 5.41) is 4.03. The van der Waals surface area contributed by atoms with Gasteiger partial charge in [-0.25, -0.2) is 0 Å². The van der Waals surface area contributed by atoms with Gasteiger partial charge in [-0.3, -0.25) is 4.98 Å². The van der Waals surface area contributed by atoms with Gasteiger partial charge in [-0.15, -0.1) is 0 Å². The molecule has 37 heavy (non-hydrogen) atoms. The van der Waals surface area contributed by atoms with Gasteiger partial charge in [0.2, 0.25) is 0 Å². The second-order valence-electron chi connectivity index (χ2n) is 11.4. The molecule has 5 aromatic rings. The second kappa shape index (κ2) is 8.72. The van der Waals surface area contributed by atoms with Gasteiger partial charge in [-0.1, -0.05) is 55.7 Å². The van der Waals surface area contributed by atoms with Crippen molar-refractivity contribution in [1.29, 1.82) is 0 Å². The highest BCUT2D eigenvalue weighted by atomic mass is 16.3. The van der Waals surface area contributed by atoms with Gasteiger partial charge < -0.3 is 4.42 Å². The van der Waals surface area contributed by atoms with E-state index in [0.29, 0.717) is 22.3 Å².